The lowest BCUT2D eigenvalue weighted by atomic mass is 10.3. The van der Waals surface area contributed by atoms with E-state index in [2.05, 4.69) is 10.6 Å². The Hall–Kier alpha value is -0.120. The van der Waals surface area contributed by atoms with E-state index in [1.165, 1.54) is 19.5 Å². The van der Waals surface area contributed by atoms with Crippen molar-refractivity contribution in [2.75, 3.05) is 13.1 Å². The second-order valence-corrected chi connectivity index (χ2v) is 2.45. The van der Waals surface area contributed by atoms with Gasteiger partial charge in [0.2, 0.25) is 0 Å². The molecule has 12 heavy (non-hydrogen) atoms. The molecule has 2 bridgehead atoms. The second-order valence-electron chi connectivity index (χ2n) is 2.45. The number of piperazine rings is 1. The van der Waals surface area contributed by atoms with Gasteiger partial charge in [0, 0.05) is 25.2 Å². The van der Waals surface area contributed by atoms with Crippen molar-refractivity contribution in [2.24, 2.45) is 0 Å². The van der Waals surface area contributed by atoms with Gasteiger partial charge in [0.05, 0.1) is 0 Å². The van der Waals surface area contributed by atoms with Crippen LogP contribution in [-0.2, 0) is 0 Å². The quantitative estimate of drug-likeness (QED) is 0.566. The summed E-state index contributed by atoms with van der Waals surface area (Å²) >= 11 is 0. The summed E-state index contributed by atoms with van der Waals surface area (Å²) in [6.45, 7) is 10.4. The van der Waals surface area contributed by atoms with E-state index in [1.54, 1.807) is 0 Å². The molecule has 0 radical (unpaired) electrons. The molecule has 0 saturated carbocycles. The maximum atomic E-state index is 3.39. The van der Waals surface area contributed by atoms with Crippen LogP contribution in [0.2, 0.25) is 0 Å². The molecule has 3 nitrogen and oxygen atoms in total. The second kappa shape index (κ2) is 8.97. The Morgan fingerprint density at radius 3 is 1.25 bits per heavy atom. The molecule has 2 heterocycles. The van der Waals surface area contributed by atoms with E-state index in [9.17, 15) is 0 Å². The van der Waals surface area contributed by atoms with Crippen molar-refractivity contribution in [1.82, 2.24) is 10.6 Å². The molecular weight excluding hydrogens is 152 g/mol. The highest BCUT2D eigenvalue weighted by Crippen LogP contribution is 2.11. The molecule has 0 spiro atoms. The molecule has 3 heteroatoms. The first-order valence-corrected chi connectivity index (χ1v) is 4.92. The number of fused-ring (bicyclic) bond motifs is 2. The summed E-state index contributed by atoms with van der Waals surface area (Å²) in [5.41, 5.74) is 0. The van der Waals surface area contributed by atoms with Gasteiger partial charge >= 0.3 is 0 Å². The lowest BCUT2D eigenvalue weighted by molar-refractivity contribution is 0.528. The van der Waals surface area contributed by atoms with E-state index in [-0.39, 0.29) is 5.48 Å². The van der Waals surface area contributed by atoms with Crippen LogP contribution in [0.1, 0.15) is 34.1 Å². The third-order valence-electron chi connectivity index (χ3n) is 1.87. The Morgan fingerprint density at radius 2 is 1.17 bits per heavy atom. The van der Waals surface area contributed by atoms with Gasteiger partial charge < -0.3 is 16.1 Å². The van der Waals surface area contributed by atoms with Crippen molar-refractivity contribution < 1.29 is 5.48 Å². The minimum Gasteiger partial charge on any atom is -0.412 e. The molecule has 2 atom stereocenters. The molecule has 0 aromatic heterocycles. The topological polar surface area (TPSA) is 55.6 Å². The molecule has 2 aliphatic rings. The minimum absolute atomic E-state index is 0. The number of rotatable bonds is 0. The van der Waals surface area contributed by atoms with Crippen LogP contribution < -0.4 is 10.6 Å². The van der Waals surface area contributed by atoms with Crippen LogP contribution in [0.25, 0.3) is 0 Å². The zero-order chi connectivity index (χ0) is 8.69. The van der Waals surface area contributed by atoms with Crippen LogP contribution in [0, 0.1) is 0 Å². The van der Waals surface area contributed by atoms with Gasteiger partial charge in [0.1, 0.15) is 0 Å². The molecule has 2 fully saturated rings. The van der Waals surface area contributed by atoms with E-state index < -0.39 is 0 Å². The first-order chi connectivity index (χ1) is 5.45. The van der Waals surface area contributed by atoms with Crippen LogP contribution in [0.3, 0.4) is 0 Å². The van der Waals surface area contributed by atoms with Crippen LogP contribution in [0.4, 0.5) is 0 Å². The molecule has 0 aliphatic carbocycles. The van der Waals surface area contributed by atoms with Crippen LogP contribution in [0.15, 0.2) is 0 Å². The normalized spacial score (nSPS) is 29.0. The lowest BCUT2D eigenvalue weighted by Gasteiger charge is -2.10. The van der Waals surface area contributed by atoms with Crippen molar-refractivity contribution in [3.8, 4) is 0 Å². The fourth-order valence-corrected chi connectivity index (χ4v) is 1.44. The highest BCUT2D eigenvalue weighted by atomic mass is 16.0. The zero-order valence-corrected chi connectivity index (χ0v) is 8.78. The van der Waals surface area contributed by atoms with Crippen molar-refractivity contribution >= 4 is 0 Å². The predicted octanol–water partition coefficient (Wildman–Crippen LogP) is 0.548. The van der Waals surface area contributed by atoms with Gasteiger partial charge in [0.15, 0.2) is 0 Å². The summed E-state index contributed by atoms with van der Waals surface area (Å²) in [5.74, 6) is 0. The van der Waals surface area contributed by atoms with Crippen molar-refractivity contribution in [1.29, 1.82) is 0 Å². The predicted molar refractivity (Wildman–Crippen MR) is 54.5 cm³/mol. The van der Waals surface area contributed by atoms with Gasteiger partial charge in [-0.15, -0.1) is 0 Å². The fraction of sp³-hybridized carbons (Fsp3) is 1.00. The Balaban J connectivity index is 0. The summed E-state index contributed by atoms with van der Waals surface area (Å²) in [4.78, 5) is 0. The molecule has 0 aromatic carbocycles. The molecule has 76 valence electrons. The summed E-state index contributed by atoms with van der Waals surface area (Å²) in [6, 6.07) is 1.62. The van der Waals surface area contributed by atoms with E-state index >= 15 is 0 Å². The summed E-state index contributed by atoms with van der Waals surface area (Å²) in [6.07, 6.45) is 1.36. The van der Waals surface area contributed by atoms with Crippen molar-refractivity contribution in [3.05, 3.63) is 0 Å². The van der Waals surface area contributed by atoms with Crippen LogP contribution >= 0.6 is 0 Å². The zero-order valence-electron chi connectivity index (χ0n) is 8.78. The first-order valence-electron chi connectivity index (χ1n) is 4.92. The number of hydrogen-bond donors (Lipinski definition) is 2. The third kappa shape index (κ3) is 4.04. The Labute approximate surface area is 76.2 Å². The van der Waals surface area contributed by atoms with Gasteiger partial charge in [-0.2, -0.15) is 0 Å². The van der Waals surface area contributed by atoms with Crippen LogP contribution in [-0.4, -0.2) is 30.6 Å². The van der Waals surface area contributed by atoms with Gasteiger partial charge in [-0.25, -0.2) is 0 Å². The molecular formula is C9H24N2O. The van der Waals surface area contributed by atoms with Gasteiger partial charge in [-0.1, -0.05) is 27.7 Å². The van der Waals surface area contributed by atoms with Gasteiger partial charge in [-0.05, 0) is 6.42 Å². The Kier molecular flexibility index (Phi) is 10.8. The smallest absolute Gasteiger partial charge is 0.0208 e. The Bertz CT molecular complexity index is 70.6. The van der Waals surface area contributed by atoms with E-state index in [0.717, 1.165) is 12.1 Å². The minimum atomic E-state index is 0. The standard InChI is InChI=1S/C5H10N2.2C2H6.H2O/c1-4-2-6-5(1)3-7-4;2*1-2;/h4-7H,1-3H2;2*1-2H3;1H2. The fourth-order valence-electron chi connectivity index (χ4n) is 1.44. The van der Waals surface area contributed by atoms with Gasteiger partial charge in [0.25, 0.3) is 0 Å². The summed E-state index contributed by atoms with van der Waals surface area (Å²) in [7, 11) is 0. The molecule has 2 rings (SSSR count). The summed E-state index contributed by atoms with van der Waals surface area (Å²) in [5, 5.41) is 6.79. The highest BCUT2D eigenvalue weighted by molar-refractivity contribution is 4.94. The van der Waals surface area contributed by atoms with E-state index in [0.29, 0.717) is 0 Å². The first kappa shape index (κ1) is 14.4. The molecule has 4 N–H and O–H groups in total. The van der Waals surface area contributed by atoms with Crippen LogP contribution in [0.5, 0.6) is 0 Å². The monoisotopic (exact) mass is 176 g/mol. The van der Waals surface area contributed by atoms with Crippen molar-refractivity contribution in [2.45, 2.75) is 46.2 Å². The third-order valence-corrected chi connectivity index (χ3v) is 1.87. The average Bonchev–Trinajstić information content (AvgIpc) is 2.74. The Morgan fingerprint density at radius 1 is 0.833 bits per heavy atom. The highest BCUT2D eigenvalue weighted by Gasteiger charge is 2.29. The van der Waals surface area contributed by atoms with Gasteiger partial charge in [-0.3, -0.25) is 0 Å². The molecule has 2 unspecified atom stereocenters. The van der Waals surface area contributed by atoms with E-state index in [1.807, 2.05) is 27.7 Å². The largest absolute Gasteiger partial charge is 0.412 e. The summed E-state index contributed by atoms with van der Waals surface area (Å²) < 4.78 is 0. The molecule has 0 amide bonds. The number of hydrogen-bond acceptors (Lipinski definition) is 2. The maximum Gasteiger partial charge on any atom is 0.0208 e. The number of nitrogens with one attached hydrogen (secondary N) is 2. The lowest BCUT2D eigenvalue weighted by Crippen LogP contribution is -2.39. The van der Waals surface area contributed by atoms with Crippen molar-refractivity contribution in [3.63, 3.8) is 0 Å². The molecule has 2 aliphatic heterocycles. The molecule has 2 saturated heterocycles. The SMILES string of the molecule is C1NC2CNC1C2.CC.CC.O. The van der Waals surface area contributed by atoms with E-state index in [4.69, 9.17) is 0 Å². The molecule has 0 aromatic rings. The average molecular weight is 176 g/mol. The maximum absolute atomic E-state index is 3.39.